The molecule has 0 fully saturated rings. The summed E-state index contributed by atoms with van der Waals surface area (Å²) < 4.78 is 4.90. The molecule has 2 aromatic heterocycles. The lowest BCUT2D eigenvalue weighted by Gasteiger charge is -2.12. The molecule has 2 heterocycles. The topological polar surface area (TPSA) is 9.86 Å². The van der Waals surface area contributed by atoms with Gasteiger partial charge in [-0.1, -0.05) is 135 Å². The molecule has 0 bridgehead atoms. The highest BCUT2D eigenvalue weighted by atomic mass is 15.0. The average molecular weight is 613 g/mol. The van der Waals surface area contributed by atoms with Gasteiger partial charge in [0.2, 0.25) is 0 Å². The lowest BCUT2D eigenvalue weighted by Crippen LogP contribution is -1.98. The van der Waals surface area contributed by atoms with Crippen molar-refractivity contribution >= 4 is 55.8 Å². The molecule has 0 N–H and O–H groups in total. The van der Waals surface area contributed by atoms with Gasteiger partial charge in [-0.15, -0.1) is 0 Å². The lowest BCUT2D eigenvalue weighted by atomic mass is 10.0. The molecule has 0 atom stereocenters. The Labute approximate surface area is 279 Å². The number of aromatic nitrogens is 2. The number of benzene rings is 7. The first-order valence-electron chi connectivity index (χ1n) is 16.3. The third-order valence-corrected chi connectivity index (χ3v) is 9.64. The van der Waals surface area contributed by atoms with Crippen molar-refractivity contribution in [2.24, 2.45) is 0 Å². The van der Waals surface area contributed by atoms with Crippen molar-refractivity contribution < 1.29 is 0 Å². The van der Waals surface area contributed by atoms with Gasteiger partial charge < -0.3 is 9.13 Å². The summed E-state index contributed by atoms with van der Waals surface area (Å²) in [6, 6.07) is 57.2. The standard InChI is InChI=1S/C46H32N2/c1-3-31-15-19-33(20-16-31)35-23-27-43-41(29-35)39-25-26-40-42-30-36(34-21-17-32(4-2)18-22-34)24-28-44(42)48(38-13-9-6-10-14-38)46(40)45(39)47(43)37-11-7-5-8-12-37/h3-30H,1-2H2. The molecule has 0 amide bonds. The second-order valence-electron chi connectivity index (χ2n) is 12.3. The number of rotatable bonds is 6. The molecule has 0 spiro atoms. The molecule has 48 heavy (non-hydrogen) atoms. The maximum Gasteiger partial charge on any atom is 0.0788 e. The van der Waals surface area contributed by atoms with Crippen LogP contribution in [0.15, 0.2) is 171 Å². The van der Waals surface area contributed by atoms with Crippen LogP contribution in [-0.2, 0) is 0 Å². The Morgan fingerprint density at radius 2 is 0.729 bits per heavy atom. The van der Waals surface area contributed by atoms with Gasteiger partial charge in [-0.2, -0.15) is 0 Å². The van der Waals surface area contributed by atoms with Gasteiger partial charge in [-0.05, 0) is 81.9 Å². The minimum absolute atomic E-state index is 1.12. The van der Waals surface area contributed by atoms with Crippen molar-refractivity contribution in [1.29, 1.82) is 0 Å². The number of fused-ring (bicyclic) bond motifs is 7. The Morgan fingerprint density at radius 1 is 0.354 bits per heavy atom. The quantitative estimate of drug-likeness (QED) is 0.177. The van der Waals surface area contributed by atoms with Gasteiger partial charge in [0.25, 0.3) is 0 Å². The summed E-state index contributed by atoms with van der Waals surface area (Å²) in [4.78, 5) is 0. The highest BCUT2D eigenvalue weighted by Crippen LogP contribution is 2.43. The Balaban J connectivity index is 1.40. The smallest absolute Gasteiger partial charge is 0.0788 e. The van der Waals surface area contributed by atoms with E-state index in [9.17, 15) is 0 Å². The van der Waals surface area contributed by atoms with E-state index in [0.717, 1.165) is 22.5 Å². The van der Waals surface area contributed by atoms with Gasteiger partial charge in [-0.3, -0.25) is 0 Å². The minimum Gasteiger partial charge on any atom is -0.307 e. The normalized spacial score (nSPS) is 11.5. The van der Waals surface area contributed by atoms with Gasteiger partial charge in [-0.25, -0.2) is 0 Å². The predicted molar refractivity (Wildman–Crippen MR) is 206 cm³/mol. The Morgan fingerprint density at radius 3 is 1.10 bits per heavy atom. The second kappa shape index (κ2) is 11.2. The number of hydrogen-bond donors (Lipinski definition) is 0. The van der Waals surface area contributed by atoms with Crippen LogP contribution in [0.1, 0.15) is 11.1 Å². The predicted octanol–water partition coefficient (Wildman–Crippen LogP) is 12.5. The molecule has 0 aliphatic carbocycles. The van der Waals surface area contributed by atoms with Crippen LogP contribution in [0, 0.1) is 0 Å². The molecule has 2 heteroatoms. The molecule has 0 aliphatic heterocycles. The largest absolute Gasteiger partial charge is 0.307 e. The van der Waals surface area contributed by atoms with E-state index in [0.29, 0.717) is 0 Å². The Bertz CT molecular complexity index is 2470. The first-order chi connectivity index (χ1) is 23.7. The summed E-state index contributed by atoms with van der Waals surface area (Å²) in [5.74, 6) is 0. The van der Waals surface area contributed by atoms with Crippen molar-refractivity contribution in [3.8, 4) is 33.6 Å². The van der Waals surface area contributed by atoms with E-state index in [2.05, 4.69) is 180 Å². The molecule has 0 radical (unpaired) electrons. The maximum absolute atomic E-state index is 3.93. The molecule has 0 saturated carbocycles. The monoisotopic (exact) mass is 612 g/mol. The van der Waals surface area contributed by atoms with E-state index in [1.807, 2.05) is 12.2 Å². The summed E-state index contributed by atoms with van der Waals surface area (Å²) >= 11 is 0. The number of para-hydroxylation sites is 2. The van der Waals surface area contributed by atoms with E-state index < -0.39 is 0 Å². The zero-order valence-electron chi connectivity index (χ0n) is 26.5. The minimum atomic E-state index is 1.12. The van der Waals surface area contributed by atoms with Gasteiger partial charge in [0.05, 0.1) is 22.1 Å². The first-order valence-corrected chi connectivity index (χ1v) is 16.3. The molecule has 9 aromatic rings. The van der Waals surface area contributed by atoms with Crippen LogP contribution in [-0.4, -0.2) is 9.13 Å². The molecule has 226 valence electrons. The number of nitrogens with zero attached hydrogens (tertiary/aromatic N) is 2. The third-order valence-electron chi connectivity index (χ3n) is 9.64. The van der Waals surface area contributed by atoms with Crippen LogP contribution >= 0.6 is 0 Å². The summed E-state index contributed by atoms with van der Waals surface area (Å²) in [7, 11) is 0. The van der Waals surface area contributed by atoms with Gasteiger partial charge in [0.15, 0.2) is 0 Å². The molecule has 0 unspecified atom stereocenters. The Hall–Kier alpha value is -6.38. The fourth-order valence-corrected chi connectivity index (χ4v) is 7.27. The van der Waals surface area contributed by atoms with Crippen molar-refractivity contribution in [2.45, 2.75) is 0 Å². The van der Waals surface area contributed by atoms with Crippen LogP contribution in [0.25, 0.3) is 89.4 Å². The van der Waals surface area contributed by atoms with Crippen molar-refractivity contribution in [3.63, 3.8) is 0 Å². The van der Waals surface area contributed by atoms with E-state index in [1.165, 1.54) is 65.9 Å². The summed E-state index contributed by atoms with van der Waals surface area (Å²) in [5.41, 5.74) is 14.1. The highest BCUT2D eigenvalue weighted by Gasteiger charge is 2.22. The van der Waals surface area contributed by atoms with E-state index in [1.54, 1.807) is 0 Å². The van der Waals surface area contributed by atoms with Crippen molar-refractivity contribution in [1.82, 2.24) is 9.13 Å². The molecule has 2 nitrogen and oxygen atoms in total. The fraction of sp³-hybridized carbons (Fsp3) is 0. The van der Waals surface area contributed by atoms with E-state index in [-0.39, 0.29) is 0 Å². The van der Waals surface area contributed by atoms with Crippen LogP contribution in [0.3, 0.4) is 0 Å². The molecule has 9 rings (SSSR count). The zero-order valence-corrected chi connectivity index (χ0v) is 26.5. The molecule has 0 aliphatic rings. The van der Waals surface area contributed by atoms with Crippen LogP contribution < -0.4 is 0 Å². The molecule has 7 aromatic carbocycles. The van der Waals surface area contributed by atoms with E-state index in [4.69, 9.17) is 0 Å². The second-order valence-corrected chi connectivity index (χ2v) is 12.3. The maximum atomic E-state index is 3.93. The first kappa shape index (κ1) is 27.9. The number of hydrogen-bond acceptors (Lipinski definition) is 0. The molecular weight excluding hydrogens is 581 g/mol. The summed E-state index contributed by atoms with van der Waals surface area (Å²) in [5, 5.41) is 4.92. The summed E-state index contributed by atoms with van der Waals surface area (Å²) in [6.45, 7) is 7.86. The van der Waals surface area contributed by atoms with Crippen LogP contribution in [0.2, 0.25) is 0 Å². The fourth-order valence-electron chi connectivity index (χ4n) is 7.27. The van der Waals surface area contributed by atoms with Crippen LogP contribution in [0.5, 0.6) is 0 Å². The lowest BCUT2D eigenvalue weighted by molar-refractivity contribution is 1.15. The highest BCUT2D eigenvalue weighted by molar-refractivity contribution is 6.24. The van der Waals surface area contributed by atoms with Gasteiger partial charge in [0, 0.05) is 32.9 Å². The van der Waals surface area contributed by atoms with Crippen LogP contribution in [0.4, 0.5) is 0 Å². The third kappa shape index (κ3) is 4.35. The van der Waals surface area contributed by atoms with Gasteiger partial charge >= 0.3 is 0 Å². The molecular formula is C46H32N2. The van der Waals surface area contributed by atoms with E-state index >= 15 is 0 Å². The molecule has 0 saturated heterocycles. The average Bonchev–Trinajstić information content (AvgIpc) is 3.68. The summed E-state index contributed by atoms with van der Waals surface area (Å²) in [6.07, 6.45) is 3.78. The van der Waals surface area contributed by atoms with Gasteiger partial charge in [0.1, 0.15) is 0 Å². The van der Waals surface area contributed by atoms with Crippen molar-refractivity contribution in [3.05, 3.63) is 182 Å². The SMILES string of the molecule is C=Cc1ccc(-c2ccc3c(c2)c2ccc4c5cc(-c6ccc(C=C)cc6)ccc5n(-c5ccccc5)c4c2n3-c2ccccc2)cc1. The Kier molecular flexibility index (Phi) is 6.48. The zero-order chi connectivity index (χ0) is 32.2. The van der Waals surface area contributed by atoms with Crippen molar-refractivity contribution in [2.75, 3.05) is 0 Å².